The van der Waals surface area contributed by atoms with Crippen LogP contribution in [0, 0.1) is 0 Å². The number of nitrogens with zero attached hydrogens (tertiary/aromatic N) is 5. The molecule has 4 aromatic rings. The highest BCUT2D eigenvalue weighted by Crippen LogP contribution is 2.33. The maximum absolute atomic E-state index is 13.1. The number of likely N-dealkylation sites (N-methyl/N-ethyl adjacent to an activating group) is 1. The Morgan fingerprint density at radius 1 is 1.06 bits per heavy atom. The predicted octanol–water partition coefficient (Wildman–Crippen LogP) is 3.08. The number of imide groups is 1. The number of hydrogen-bond donors (Lipinski definition) is 4. The van der Waals surface area contributed by atoms with E-state index in [0.29, 0.717) is 58.5 Å². The molecule has 3 aliphatic heterocycles. The minimum Gasteiger partial charge on any atom is -0.478 e. The van der Waals surface area contributed by atoms with Gasteiger partial charge in [0.1, 0.15) is 11.1 Å². The lowest BCUT2D eigenvalue weighted by Gasteiger charge is -2.38. The van der Waals surface area contributed by atoms with Gasteiger partial charge in [0.25, 0.3) is 17.4 Å². The van der Waals surface area contributed by atoms with E-state index in [1.54, 1.807) is 30.3 Å². The van der Waals surface area contributed by atoms with Crippen molar-refractivity contribution >= 4 is 69.3 Å². The molecule has 5 heterocycles. The Kier molecular flexibility index (Phi) is 9.44. The highest BCUT2D eigenvalue weighted by Gasteiger charge is 2.39. The van der Waals surface area contributed by atoms with Crippen LogP contribution in [0.2, 0.25) is 5.02 Å². The second-order valence-corrected chi connectivity index (χ2v) is 13.7. The van der Waals surface area contributed by atoms with Crippen LogP contribution < -0.4 is 36.5 Å². The number of anilines is 4. The van der Waals surface area contributed by atoms with Crippen LogP contribution in [0.3, 0.4) is 0 Å². The summed E-state index contributed by atoms with van der Waals surface area (Å²) in [7, 11) is 3.14. The molecule has 15 nitrogen and oxygen atoms in total. The number of halogens is 1. The van der Waals surface area contributed by atoms with E-state index in [-0.39, 0.29) is 54.1 Å². The van der Waals surface area contributed by atoms with Crippen LogP contribution in [-0.4, -0.2) is 81.4 Å². The Bertz CT molecular complexity index is 2170. The molecule has 0 radical (unpaired) electrons. The molecular weight excluding hydrogens is 690 g/mol. The number of carbonyl (C=O) groups excluding carboxylic acids is 4. The molecule has 0 saturated carbocycles. The van der Waals surface area contributed by atoms with Gasteiger partial charge in [-0.3, -0.25) is 29.3 Å². The van der Waals surface area contributed by atoms with E-state index >= 15 is 0 Å². The lowest BCUT2D eigenvalue weighted by molar-refractivity contribution is -0.137. The number of aromatic nitrogens is 3. The minimum absolute atomic E-state index is 0.0627. The molecule has 7 rings (SSSR count). The fourth-order valence-corrected chi connectivity index (χ4v) is 7.21. The largest absolute Gasteiger partial charge is 0.478 e. The molecular formula is C36H38ClN9O6. The molecule has 4 N–H and O–H groups in total. The maximum Gasteiger partial charge on any atom is 0.293 e. The molecule has 0 bridgehead atoms. The third-order valence-corrected chi connectivity index (χ3v) is 10.1. The number of rotatable bonds is 9. The molecule has 2 saturated heterocycles. The maximum atomic E-state index is 13.1. The van der Waals surface area contributed by atoms with Gasteiger partial charge in [0.15, 0.2) is 18.2 Å². The average molecular weight is 728 g/mol. The normalized spacial score (nSPS) is 20.1. The van der Waals surface area contributed by atoms with Crippen LogP contribution in [0.5, 0.6) is 5.75 Å². The Balaban J connectivity index is 1.01. The first-order valence-electron chi connectivity index (χ1n) is 17.1. The van der Waals surface area contributed by atoms with Crippen molar-refractivity contribution in [3.63, 3.8) is 0 Å². The number of pyridine rings is 1. The van der Waals surface area contributed by atoms with Crippen molar-refractivity contribution in [3.8, 4) is 5.75 Å². The summed E-state index contributed by atoms with van der Waals surface area (Å²) in [6.45, 7) is 2.86. The van der Waals surface area contributed by atoms with E-state index in [4.69, 9.17) is 21.3 Å². The SMILES string of the molecule is CNC(=O)COc1cc2cc(Nc3nc(N4CCC(Nc5ccc6c(c5)CN(C5CCC(=O)NC5=O)C6=O)C[C@H]4C)ncc3Cl)ccc2n(C)c1=O. The first-order valence-corrected chi connectivity index (χ1v) is 17.4. The van der Waals surface area contributed by atoms with Crippen LogP contribution in [0.4, 0.5) is 23.1 Å². The lowest BCUT2D eigenvalue weighted by atomic mass is 9.98. The molecule has 0 aliphatic carbocycles. The summed E-state index contributed by atoms with van der Waals surface area (Å²) < 4.78 is 6.96. The van der Waals surface area contributed by atoms with Crippen LogP contribution in [0.25, 0.3) is 10.9 Å². The van der Waals surface area contributed by atoms with E-state index in [9.17, 15) is 24.0 Å². The van der Waals surface area contributed by atoms with Gasteiger partial charge in [-0.15, -0.1) is 0 Å². The summed E-state index contributed by atoms with van der Waals surface area (Å²) >= 11 is 6.55. The summed E-state index contributed by atoms with van der Waals surface area (Å²) in [6.07, 6.45) is 3.73. The van der Waals surface area contributed by atoms with Gasteiger partial charge in [0.05, 0.1) is 11.7 Å². The standard InChI is InChI=1S/C36H38ClN9O6/c1-19-12-24(40-22-4-6-25-21(14-22)17-46(34(25)50)28-8-9-30(47)42-33(28)49)10-11-45(19)36-39-16-26(37)32(43-36)41-23-5-7-27-20(13-23)15-29(35(51)44(27)3)52-18-31(48)38-2/h4-7,13-16,19,24,28,40H,8-12,17-18H2,1-3H3,(H,38,48)(H,39,41,43)(H,42,47,49)/t19-,24?,28?/m1/s1. The average Bonchev–Trinajstić information content (AvgIpc) is 3.44. The lowest BCUT2D eigenvalue weighted by Crippen LogP contribution is -2.52. The van der Waals surface area contributed by atoms with Gasteiger partial charge in [0.2, 0.25) is 17.8 Å². The summed E-state index contributed by atoms with van der Waals surface area (Å²) in [6, 6.07) is 12.4. The van der Waals surface area contributed by atoms with Crippen LogP contribution in [0.1, 0.15) is 48.5 Å². The molecule has 4 amide bonds. The van der Waals surface area contributed by atoms with Crippen molar-refractivity contribution < 1.29 is 23.9 Å². The first kappa shape index (κ1) is 34.7. The van der Waals surface area contributed by atoms with Gasteiger partial charge in [0, 0.05) is 68.0 Å². The zero-order valence-corrected chi connectivity index (χ0v) is 29.6. The number of aryl methyl sites for hydroxylation is 1. The third kappa shape index (κ3) is 6.83. The zero-order chi connectivity index (χ0) is 36.7. The van der Waals surface area contributed by atoms with E-state index in [0.717, 1.165) is 24.1 Å². The van der Waals surface area contributed by atoms with E-state index in [2.05, 4.69) is 38.1 Å². The van der Waals surface area contributed by atoms with E-state index in [1.807, 2.05) is 30.3 Å². The highest BCUT2D eigenvalue weighted by atomic mass is 35.5. The van der Waals surface area contributed by atoms with Gasteiger partial charge < -0.3 is 35.1 Å². The summed E-state index contributed by atoms with van der Waals surface area (Å²) in [5, 5.41) is 12.8. The fourth-order valence-electron chi connectivity index (χ4n) is 7.07. The van der Waals surface area contributed by atoms with Gasteiger partial charge >= 0.3 is 0 Å². The fraction of sp³-hybridized carbons (Fsp3) is 0.361. The molecule has 270 valence electrons. The Labute approximate surface area is 303 Å². The molecule has 2 fully saturated rings. The molecule has 2 unspecified atom stereocenters. The smallest absolute Gasteiger partial charge is 0.293 e. The van der Waals surface area contributed by atoms with Crippen molar-refractivity contribution in [2.75, 3.05) is 35.7 Å². The third-order valence-electron chi connectivity index (χ3n) is 9.85. The second kappa shape index (κ2) is 14.1. The molecule has 16 heteroatoms. The summed E-state index contributed by atoms with van der Waals surface area (Å²) in [5.41, 5.74) is 3.35. The van der Waals surface area contributed by atoms with Crippen LogP contribution in [-0.2, 0) is 28.0 Å². The van der Waals surface area contributed by atoms with Crippen LogP contribution in [0.15, 0.2) is 53.5 Å². The minimum atomic E-state index is -0.648. The van der Waals surface area contributed by atoms with Crippen molar-refractivity contribution in [3.05, 3.63) is 75.2 Å². The van der Waals surface area contributed by atoms with Crippen molar-refractivity contribution in [2.45, 2.75) is 57.3 Å². The Hall–Kier alpha value is -5.70. The number of carbonyl (C=O) groups is 4. The molecule has 52 heavy (non-hydrogen) atoms. The number of fused-ring (bicyclic) bond motifs is 2. The predicted molar refractivity (Wildman–Crippen MR) is 195 cm³/mol. The highest BCUT2D eigenvalue weighted by molar-refractivity contribution is 6.33. The number of benzene rings is 2. The molecule has 3 atom stereocenters. The Morgan fingerprint density at radius 2 is 1.87 bits per heavy atom. The van der Waals surface area contributed by atoms with E-state index in [1.165, 1.54) is 11.6 Å². The number of amides is 4. The quantitative estimate of drug-likeness (QED) is 0.186. The molecule has 3 aliphatic rings. The number of nitrogens with one attached hydrogen (secondary N) is 4. The molecule has 2 aromatic carbocycles. The monoisotopic (exact) mass is 727 g/mol. The first-order chi connectivity index (χ1) is 25.0. The Morgan fingerprint density at radius 3 is 2.63 bits per heavy atom. The summed E-state index contributed by atoms with van der Waals surface area (Å²) in [5.74, 6) is -0.243. The van der Waals surface area contributed by atoms with Gasteiger partial charge in [-0.05, 0) is 74.2 Å². The molecule has 0 spiro atoms. The van der Waals surface area contributed by atoms with Gasteiger partial charge in [-0.2, -0.15) is 4.98 Å². The number of piperidine rings is 2. The van der Waals surface area contributed by atoms with Crippen molar-refractivity contribution in [1.82, 2.24) is 30.1 Å². The second-order valence-electron chi connectivity index (χ2n) is 13.3. The van der Waals surface area contributed by atoms with Crippen molar-refractivity contribution in [1.29, 1.82) is 0 Å². The topological polar surface area (TPSA) is 180 Å². The van der Waals surface area contributed by atoms with E-state index < -0.39 is 11.9 Å². The van der Waals surface area contributed by atoms with Crippen molar-refractivity contribution in [2.24, 2.45) is 7.05 Å². The number of ether oxygens (including phenoxy) is 1. The summed E-state index contributed by atoms with van der Waals surface area (Å²) in [4.78, 5) is 74.6. The van der Waals surface area contributed by atoms with Crippen LogP contribution >= 0.6 is 11.6 Å². The van der Waals surface area contributed by atoms with Gasteiger partial charge in [-0.1, -0.05) is 11.6 Å². The molecule has 2 aromatic heterocycles. The zero-order valence-electron chi connectivity index (χ0n) is 28.9. The van der Waals surface area contributed by atoms with Gasteiger partial charge in [-0.25, -0.2) is 4.98 Å². The number of hydrogen-bond acceptors (Lipinski definition) is 11.